The van der Waals surface area contributed by atoms with Crippen LogP contribution in [0.1, 0.15) is 0 Å². The van der Waals surface area contributed by atoms with Gasteiger partial charge in [-0.05, 0) is 41.0 Å². The predicted octanol–water partition coefficient (Wildman–Crippen LogP) is 3.64. The molecule has 1 nitrogen and oxygen atoms in total. The van der Waals surface area contributed by atoms with Crippen molar-refractivity contribution in [1.82, 2.24) is 0 Å². The van der Waals surface area contributed by atoms with Crippen molar-refractivity contribution in [2.75, 3.05) is 6.26 Å². The van der Waals surface area contributed by atoms with Crippen molar-refractivity contribution in [2.45, 2.75) is 4.90 Å². The van der Waals surface area contributed by atoms with E-state index >= 15 is 0 Å². The van der Waals surface area contributed by atoms with E-state index in [1.807, 2.05) is 6.26 Å². The summed E-state index contributed by atoms with van der Waals surface area (Å²) in [6.45, 7) is 3.40. The molecule has 1 rings (SSSR count). The van der Waals surface area contributed by atoms with Crippen molar-refractivity contribution in [3.8, 4) is 0 Å². The van der Waals surface area contributed by atoms with Gasteiger partial charge in [0.25, 0.3) is 0 Å². The van der Waals surface area contributed by atoms with E-state index in [9.17, 15) is 4.39 Å². The van der Waals surface area contributed by atoms with Crippen molar-refractivity contribution < 1.29 is 4.39 Å². The van der Waals surface area contributed by atoms with Crippen LogP contribution in [-0.4, -0.2) is 13.0 Å². The summed E-state index contributed by atoms with van der Waals surface area (Å²) in [4.78, 5) is 4.57. The van der Waals surface area contributed by atoms with Crippen LogP contribution in [0.3, 0.4) is 0 Å². The zero-order chi connectivity index (χ0) is 9.14. The number of halogens is 2. The molecular weight excluding hydrogens is 241 g/mol. The van der Waals surface area contributed by atoms with Crippen LogP contribution in [-0.2, 0) is 0 Å². The van der Waals surface area contributed by atoms with Gasteiger partial charge in [-0.15, -0.1) is 11.8 Å². The third-order valence-corrected chi connectivity index (χ3v) is 2.77. The molecule has 4 heteroatoms. The average molecular weight is 248 g/mol. The quantitative estimate of drug-likeness (QED) is 0.575. The summed E-state index contributed by atoms with van der Waals surface area (Å²) in [6.07, 6.45) is 1.87. The molecule has 0 aliphatic heterocycles. The predicted molar refractivity (Wildman–Crippen MR) is 55.1 cm³/mol. The molecule has 0 amide bonds. The molecular formula is C8H7BrFNS. The zero-order valence-corrected chi connectivity index (χ0v) is 8.88. The lowest BCUT2D eigenvalue weighted by Crippen LogP contribution is -1.79. The fraction of sp³-hybridized carbons (Fsp3) is 0.125. The maximum atomic E-state index is 13.0. The zero-order valence-electron chi connectivity index (χ0n) is 6.47. The first-order valence-electron chi connectivity index (χ1n) is 3.18. The van der Waals surface area contributed by atoms with Crippen molar-refractivity contribution in [1.29, 1.82) is 0 Å². The standard InChI is InChI=1S/C8H7BrFNS/c1-11-7-3-5(9)6(10)4-8(7)12-2/h3-4H,1H2,2H3. The molecule has 0 aliphatic rings. The lowest BCUT2D eigenvalue weighted by molar-refractivity contribution is 0.617. The van der Waals surface area contributed by atoms with Crippen LogP contribution < -0.4 is 0 Å². The molecule has 1 aromatic carbocycles. The van der Waals surface area contributed by atoms with Gasteiger partial charge in [0, 0.05) is 4.90 Å². The molecule has 0 N–H and O–H groups in total. The second-order valence-electron chi connectivity index (χ2n) is 2.10. The molecule has 0 atom stereocenters. The van der Waals surface area contributed by atoms with Crippen molar-refractivity contribution in [2.24, 2.45) is 4.99 Å². The number of hydrogen-bond acceptors (Lipinski definition) is 2. The van der Waals surface area contributed by atoms with Gasteiger partial charge in [0.05, 0.1) is 10.2 Å². The SMILES string of the molecule is C=Nc1cc(Br)c(F)cc1SC. The summed E-state index contributed by atoms with van der Waals surface area (Å²) in [5, 5.41) is 0. The highest BCUT2D eigenvalue weighted by Gasteiger charge is 2.05. The number of hydrogen-bond donors (Lipinski definition) is 0. The lowest BCUT2D eigenvalue weighted by Gasteiger charge is -2.02. The Kier molecular flexibility index (Phi) is 3.29. The maximum Gasteiger partial charge on any atom is 0.138 e. The molecule has 64 valence electrons. The van der Waals surface area contributed by atoms with Crippen LogP contribution in [0.4, 0.5) is 10.1 Å². The van der Waals surface area contributed by atoms with E-state index in [0.717, 1.165) is 4.90 Å². The van der Waals surface area contributed by atoms with Crippen molar-refractivity contribution >= 4 is 40.1 Å². The van der Waals surface area contributed by atoms with E-state index in [2.05, 4.69) is 27.6 Å². The Balaban J connectivity index is 3.28. The Bertz CT molecular complexity index is 314. The third kappa shape index (κ3) is 1.87. The van der Waals surface area contributed by atoms with E-state index in [-0.39, 0.29) is 5.82 Å². The number of rotatable bonds is 2. The van der Waals surface area contributed by atoms with Gasteiger partial charge in [-0.3, -0.25) is 4.99 Å². The molecule has 12 heavy (non-hydrogen) atoms. The van der Waals surface area contributed by atoms with Crippen LogP contribution in [0.5, 0.6) is 0 Å². The van der Waals surface area contributed by atoms with Crippen molar-refractivity contribution in [3.05, 3.63) is 22.4 Å². The third-order valence-electron chi connectivity index (χ3n) is 1.39. The molecule has 0 saturated heterocycles. The molecule has 0 radical (unpaired) electrons. The second kappa shape index (κ2) is 4.05. The van der Waals surface area contributed by atoms with E-state index in [4.69, 9.17) is 0 Å². The normalized spacial score (nSPS) is 9.92. The minimum absolute atomic E-state index is 0.272. The molecule has 0 spiro atoms. The van der Waals surface area contributed by atoms with Crippen LogP contribution >= 0.6 is 27.7 Å². The highest BCUT2D eigenvalue weighted by atomic mass is 79.9. The molecule has 0 heterocycles. The van der Waals surface area contributed by atoms with Crippen LogP contribution in [0.25, 0.3) is 0 Å². The first-order valence-corrected chi connectivity index (χ1v) is 5.20. The van der Waals surface area contributed by atoms with Gasteiger partial charge in [0.1, 0.15) is 5.82 Å². The van der Waals surface area contributed by atoms with Gasteiger partial charge < -0.3 is 0 Å². The number of benzene rings is 1. The highest BCUT2D eigenvalue weighted by Crippen LogP contribution is 2.32. The summed E-state index contributed by atoms with van der Waals surface area (Å²) in [5.41, 5.74) is 0.704. The first kappa shape index (κ1) is 9.74. The van der Waals surface area contributed by atoms with E-state index in [1.165, 1.54) is 17.8 Å². The number of aliphatic imine (C=N–C) groups is 1. The van der Waals surface area contributed by atoms with E-state index < -0.39 is 0 Å². The number of nitrogens with zero attached hydrogens (tertiary/aromatic N) is 1. The molecule has 0 saturated carbocycles. The summed E-state index contributed by atoms with van der Waals surface area (Å²) in [6, 6.07) is 3.06. The Hall–Kier alpha value is -0.350. The number of thioether (sulfide) groups is 1. The monoisotopic (exact) mass is 247 g/mol. The minimum Gasteiger partial charge on any atom is -0.263 e. The summed E-state index contributed by atoms with van der Waals surface area (Å²) < 4.78 is 13.4. The van der Waals surface area contributed by atoms with Gasteiger partial charge in [-0.2, -0.15) is 0 Å². The second-order valence-corrected chi connectivity index (χ2v) is 3.80. The Labute approximate surface area is 83.2 Å². The van der Waals surface area contributed by atoms with Gasteiger partial charge in [0.15, 0.2) is 0 Å². The molecule has 0 unspecified atom stereocenters. The van der Waals surface area contributed by atoms with Gasteiger partial charge >= 0.3 is 0 Å². The molecule has 0 bridgehead atoms. The Morgan fingerprint density at radius 1 is 1.58 bits per heavy atom. The molecule has 1 aromatic rings. The highest BCUT2D eigenvalue weighted by molar-refractivity contribution is 9.10. The average Bonchev–Trinajstić information content (AvgIpc) is 2.09. The van der Waals surface area contributed by atoms with Crippen LogP contribution in [0, 0.1) is 5.82 Å². The van der Waals surface area contributed by atoms with Gasteiger partial charge in [-0.1, -0.05) is 0 Å². The lowest BCUT2D eigenvalue weighted by atomic mass is 10.3. The largest absolute Gasteiger partial charge is 0.263 e. The van der Waals surface area contributed by atoms with Crippen molar-refractivity contribution in [3.63, 3.8) is 0 Å². The molecule has 0 aliphatic carbocycles. The van der Waals surface area contributed by atoms with Crippen LogP contribution in [0.2, 0.25) is 0 Å². The maximum absolute atomic E-state index is 13.0. The first-order chi connectivity index (χ1) is 5.69. The van der Waals surface area contributed by atoms with E-state index in [0.29, 0.717) is 10.2 Å². The molecule has 0 fully saturated rings. The summed E-state index contributed by atoms with van der Waals surface area (Å²) in [7, 11) is 0. The van der Waals surface area contributed by atoms with E-state index in [1.54, 1.807) is 6.07 Å². The van der Waals surface area contributed by atoms with Gasteiger partial charge in [0.2, 0.25) is 0 Å². The summed E-state index contributed by atoms with van der Waals surface area (Å²) in [5.74, 6) is -0.272. The fourth-order valence-electron chi connectivity index (χ4n) is 0.805. The smallest absolute Gasteiger partial charge is 0.138 e. The van der Waals surface area contributed by atoms with Crippen LogP contribution in [0.15, 0.2) is 26.5 Å². The summed E-state index contributed by atoms with van der Waals surface area (Å²) >= 11 is 4.53. The topological polar surface area (TPSA) is 12.4 Å². The Morgan fingerprint density at radius 2 is 2.25 bits per heavy atom. The molecule has 0 aromatic heterocycles. The minimum atomic E-state index is -0.272. The fourth-order valence-corrected chi connectivity index (χ4v) is 1.69. The Morgan fingerprint density at radius 3 is 2.75 bits per heavy atom. The van der Waals surface area contributed by atoms with Gasteiger partial charge in [-0.25, -0.2) is 4.39 Å².